The maximum Gasteiger partial charge on any atom is 0.316 e. The number of thioether (sulfide) groups is 1. The molecular formula is C17H15ClN2O3S2. The number of aryl methyl sites for hydroxylation is 1. The Hall–Kier alpha value is -1.83. The number of aromatic nitrogens is 2. The van der Waals surface area contributed by atoms with Crippen molar-refractivity contribution in [1.82, 2.24) is 9.38 Å². The van der Waals surface area contributed by atoms with Crippen LogP contribution in [0, 0.1) is 6.92 Å². The minimum Gasteiger partial charge on any atom is -0.459 e. The van der Waals surface area contributed by atoms with Crippen molar-refractivity contribution in [2.45, 2.75) is 19.3 Å². The summed E-state index contributed by atoms with van der Waals surface area (Å²) < 4.78 is 7.43. The van der Waals surface area contributed by atoms with Crippen LogP contribution in [0.3, 0.4) is 0 Å². The third-order valence-electron chi connectivity index (χ3n) is 3.41. The minimum absolute atomic E-state index is 0.00963. The van der Waals surface area contributed by atoms with Crippen LogP contribution in [0.25, 0.3) is 5.65 Å². The van der Waals surface area contributed by atoms with Crippen LogP contribution in [0.2, 0.25) is 4.34 Å². The fourth-order valence-electron chi connectivity index (χ4n) is 2.24. The lowest BCUT2D eigenvalue weighted by molar-refractivity contribution is -0.141. The minimum atomic E-state index is -0.334. The number of nitrogens with zero attached hydrogens (tertiary/aromatic N) is 2. The molecule has 0 aliphatic heterocycles. The quantitative estimate of drug-likeness (QED) is 0.596. The van der Waals surface area contributed by atoms with E-state index in [1.165, 1.54) is 33.6 Å². The van der Waals surface area contributed by atoms with Gasteiger partial charge in [0.05, 0.1) is 15.8 Å². The van der Waals surface area contributed by atoms with Gasteiger partial charge in [0.2, 0.25) is 0 Å². The van der Waals surface area contributed by atoms with Gasteiger partial charge in [-0.1, -0.05) is 17.7 Å². The molecule has 0 bridgehead atoms. The molecule has 0 aliphatic rings. The largest absolute Gasteiger partial charge is 0.459 e. The number of rotatable bonds is 6. The summed E-state index contributed by atoms with van der Waals surface area (Å²) in [5.74, 6) is 0.613. The van der Waals surface area contributed by atoms with Crippen molar-refractivity contribution in [2.24, 2.45) is 0 Å². The normalized spacial score (nSPS) is 11.0. The van der Waals surface area contributed by atoms with E-state index in [2.05, 4.69) is 4.98 Å². The van der Waals surface area contributed by atoms with Gasteiger partial charge in [0.1, 0.15) is 12.3 Å². The number of hydrogen-bond donors (Lipinski definition) is 0. The average Bonchev–Trinajstić information content (AvgIpc) is 2.99. The van der Waals surface area contributed by atoms with Crippen molar-refractivity contribution in [2.75, 3.05) is 5.75 Å². The van der Waals surface area contributed by atoms with Gasteiger partial charge in [-0.25, -0.2) is 4.98 Å². The van der Waals surface area contributed by atoms with E-state index in [1.807, 2.05) is 25.1 Å². The molecule has 0 amide bonds. The summed E-state index contributed by atoms with van der Waals surface area (Å²) in [5, 5.41) is 0. The van der Waals surface area contributed by atoms with E-state index >= 15 is 0 Å². The lowest BCUT2D eigenvalue weighted by Crippen LogP contribution is -2.17. The third-order valence-corrected chi connectivity index (χ3v) is 5.78. The Morgan fingerprint density at radius 2 is 2.24 bits per heavy atom. The Morgan fingerprint density at radius 3 is 3.00 bits per heavy atom. The highest BCUT2D eigenvalue weighted by molar-refractivity contribution is 7.99. The molecule has 0 spiro atoms. The number of thiophene rings is 1. The molecule has 130 valence electrons. The maximum atomic E-state index is 12.1. The molecule has 0 aliphatic carbocycles. The molecule has 3 rings (SSSR count). The van der Waals surface area contributed by atoms with Gasteiger partial charge in [-0.05, 0) is 30.7 Å². The van der Waals surface area contributed by atoms with Crippen LogP contribution in [-0.2, 0) is 21.9 Å². The van der Waals surface area contributed by atoms with E-state index in [-0.39, 0.29) is 23.9 Å². The second-order valence-corrected chi connectivity index (χ2v) is 8.12. The first-order valence-corrected chi connectivity index (χ1v) is 9.83. The molecule has 5 nitrogen and oxygen atoms in total. The predicted octanol–water partition coefficient (Wildman–Crippen LogP) is 3.69. The van der Waals surface area contributed by atoms with Crippen LogP contribution in [0.15, 0.2) is 41.3 Å². The number of esters is 1. The molecule has 3 aromatic rings. The number of pyridine rings is 1. The molecule has 3 aromatic heterocycles. The second-order valence-electron chi connectivity index (χ2n) is 5.33. The highest BCUT2D eigenvalue weighted by Crippen LogP contribution is 2.25. The van der Waals surface area contributed by atoms with Gasteiger partial charge in [-0.3, -0.25) is 14.0 Å². The first-order chi connectivity index (χ1) is 12.0. The zero-order valence-electron chi connectivity index (χ0n) is 13.4. The molecule has 0 radical (unpaired) electrons. The molecular weight excluding hydrogens is 380 g/mol. The number of hydrogen-bond acceptors (Lipinski definition) is 6. The highest BCUT2D eigenvalue weighted by atomic mass is 35.5. The van der Waals surface area contributed by atoms with E-state index in [4.69, 9.17) is 16.3 Å². The fraction of sp³-hybridized carbons (Fsp3) is 0.235. The number of fused-ring (bicyclic) bond motifs is 1. The van der Waals surface area contributed by atoms with E-state index in [0.717, 1.165) is 14.8 Å². The van der Waals surface area contributed by atoms with Crippen molar-refractivity contribution in [1.29, 1.82) is 0 Å². The first-order valence-electron chi connectivity index (χ1n) is 7.48. The number of carbonyl (C=O) groups is 1. The highest BCUT2D eigenvalue weighted by Gasteiger charge is 2.08. The van der Waals surface area contributed by atoms with Crippen molar-refractivity contribution >= 4 is 46.3 Å². The summed E-state index contributed by atoms with van der Waals surface area (Å²) in [5.41, 5.74) is 1.72. The standard InChI is InChI=1S/C17H15ClN2O3S2/c1-11-3-2-6-20-15(21)7-12(19-17(11)20)8-23-16(22)10-24-9-13-4-5-14(18)25-13/h2-7H,8-10H2,1H3. The van der Waals surface area contributed by atoms with Crippen molar-refractivity contribution in [3.05, 3.63) is 67.4 Å². The van der Waals surface area contributed by atoms with E-state index in [0.29, 0.717) is 17.1 Å². The summed E-state index contributed by atoms with van der Waals surface area (Å²) in [4.78, 5) is 29.5. The van der Waals surface area contributed by atoms with Gasteiger partial charge in [-0.2, -0.15) is 0 Å². The Bertz CT molecular complexity index is 968. The van der Waals surface area contributed by atoms with E-state index < -0.39 is 0 Å². The maximum absolute atomic E-state index is 12.1. The summed E-state index contributed by atoms with van der Waals surface area (Å²) >= 11 is 8.83. The van der Waals surface area contributed by atoms with E-state index in [9.17, 15) is 9.59 Å². The molecule has 0 fully saturated rings. The summed E-state index contributed by atoms with van der Waals surface area (Å²) in [6, 6.07) is 8.85. The van der Waals surface area contributed by atoms with Gasteiger partial charge in [0.25, 0.3) is 5.56 Å². The Labute approximate surface area is 157 Å². The van der Waals surface area contributed by atoms with Gasteiger partial charge in [0.15, 0.2) is 0 Å². The zero-order valence-corrected chi connectivity index (χ0v) is 15.8. The van der Waals surface area contributed by atoms with Crippen molar-refractivity contribution < 1.29 is 9.53 Å². The van der Waals surface area contributed by atoms with Crippen molar-refractivity contribution in [3.8, 4) is 0 Å². The van der Waals surface area contributed by atoms with Crippen LogP contribution in [0.4, 0.5) is 0 Å². The zero-order chi connectivity index (χ0) is 17.8. The monoisotopic (exact) mass is 394 g/mol. The Morgan fingerprint density at radius 1 is 1.40 bits per heavy atom. The fourth-order valence-corrected chi connectivity index (χ4v) is 4.26. The number of carbonyl (C=O) groups excluding carboxylic acids is 1. The molecule has 0 atom stereocenters. The molecule has 25 heavy (non-hydrogen) atoms. The molecule has 0 saturated heterocycles. The van der Waals surface area contributed by atoms with Crippen LogP contribution >= 0.6 is 34.7 Å². The second kappa shape index (κ2) is 8.03. The third kappa shape index (κ3) is 4.62. The van der Waals surface area contributed by atoms with Gasteiger partial charge >= 0.3 is 5.97 Å². The lowest BCUT2D eigenvalue weighted by Gasteiger charge is -2.07. The van der Waals surface area contributed by atoms with Gasteiger partial charge in [0, 0.05) is 22.9 Å². The predicted molar refractivity (Wildman–Crippen MR) is 101 cm³/mol. The summed E-state index contributed by atoms with van der Waals surface area (Å²) in [6.07, 6.45) is 1.67. The molecule has 8 heteroatoms. The summed E-state index contributed by atoms with van der Waals surface area (Å²) in [6.45, 7) is 1.87. The molecule has 0 aromatic carbocycles. The Balaban J connectivity index is 1.56. The summed E-state index contributed by atoms with van der Waals surface area (Å²) in [7, 11) is 0. The first kappa shape index (κ1) is 18.0. The van der Waals surface area contributed by atoms with Gasteiger partial charge < -0.3 is 4.74 Å². The molecule has 0 N–H and O–H groups in total. The molecule has 0 saturated carbocycles. The molecule has 0 unspecified atom stereocenters. The SMILES string of the molecule is Cc1cccn2c(=O)cc(COC(=O)CSCc3ccc(Cl)s3)nc12. The van der Waals surface area contributed by atoms with Crippen LogP contribution in [-0.4, -0.2) is 21.1 Å². The van der Waals surface area contributed by atoms with Crippen molar-refractivity contribution in [3.63, 3.8) is 0 Å². The van der Waals surface area contributed by atoms with Crippen LogP contribution < -0.4 is 5.56 Å². The smallest absolute Gasteiger partial charge is 0.316 e. The number of halogens is 1. The Kier molecular flexibility index (Phi) is 5.78. The topological polar surface area (TPSA) is 60.7 Å². The van der Waals surface area contributed by atoms with Gasteiger partial charge in [-0.15, -0.1) is 23.1 Å². The average molecular weight is 395 g/mol. The van der Waals surface area contributed by atoms with Crippen LogP contribution in [0.1, 0.15) is 16.1 Å². The lowest BCUT2D eigenvalue weighted by atomic mass is 10.3. The molecule has 3 heterocycles. The van der Waals surface area contributed by atoms with Crippen LogP contribution in [0.5, 0.6) is 0 Å². The van der Waals surface area contributed by atoms with E-state index in [1.54, 1.807) is 12.3 Å². The number of ether oxygens (including phenoxy) is 1.